The number of alkyl halides is 3. The maximum Gasteiger partial charge on any atom is 0.418 e. The van der Waals surface area contributed by atoms with Crippen molar-refractivity contribution >= 4 is 11.4 Å². The third-order valence-corrected chi connectivity index (χ3v) is 3.60. The Balaban J connectivity index is 2.17. The molecule has 0 bridgehead atoms. The van der Waals surface area contributed by atoms with Crippen LogP contribution in [0, 0.1) is 5.92 Å². The number of benzene rings is 1. The molecule has 0 radical (unpaired) electrons. The molecule has 0 saturated heterocycles. The zero-order valence-corrected chi connectivity index (χ0v) is 10.4. The molecule has 0 spiro atoms. The normalized spacial score (nSPS) is 23.6. The second-order valence-electron chi connectivity index (χ2n) is 4.92. The van der Waals surface area contributed by atoms with Crippen LogP contribution >= 0.6 is 0 Å². The van der Waals surface area contributed by atoms with Gasteiger partial charge in [0.15, 0.2) is 0 Å². The van der Waals surface area contributed by atoms with Gasteiger partial charge in [0.05, 0.1) is 5.56 Å². The Morgan fingerprint density at radius 3 is 2.68 bits per heavy atom. The summed E-state index contributed by atoms with van der Waals surface area (Å²) in [6, 6.07) is 3.85. The van der Waals surface area contributed by atoms with Crippen LogP contribution in [0.25, 0.3) is 0 Å². The number of aliphatic hydroxyl groups excluding tert-OH is 1. The van der Waals surface area contributed by atoms with Crippen molar-refractivity contribution < 1.29 is 18.3 Å². The first-order valence-electron chi connectivity index (χ1n) is 6.26. The van der Waals surface area contributed by atoms with E-state index in [1.54, 1.807) is 0 Å². The lowest BCUT2D eigenvalue weighted by Gasteiger charge is -2.21. The molecule has 1 saturated carbocycles. The van der Waals surface area contributed by atoms with E-state index in [9.17, 15) is 18.3 Å². The monoisotopic (exact) mass is 274 g/mol. The van der Waals surface area contributed by atoms with Gasteiger partial charge >= 0.3 is 6.18 Å². The average Bonchev–Trinajstić information content (AvgIpc) is 2.77. The standard InChI is InChI=1S/C13H17F3N2O/c14-13(15,16)10-6-9(4-5-11(10)17)18-12-3-1-2-8(12)7-19/h4-6,8,12,18-19H,1-3,7,17H2. The number of hydrogen-bond acceptors (Lipinski definition) is 3. The molecule has 0 aromatic heterocycles. The Hall–Kier alpha value is -1.43. The predicted molar refractivity (Wildman–Crippen MR) is 67.7 cm³/mol. The summed E-state index contributed by atoms with van der Waals surface area (Å²) in [5, 5.41) is 12.3. The molecule has 1 aromatic carbocycles. The minimum absolute atomic E-state index is 0.0229. The molecule has 0 amide bonds. The first-order chi connectivity index (χ1) is 8.91. The lowest BCUT2D eigenvalue weighted by molar-refractivity contribution is -0.136. The zero-order chi connectivity index (χ0) is 14.0. The van der Waals surface area contributed by atoms with Crippen molar-refractivity contribution in [1.29, 1.82) is 0 Å². The summed E-state index contributed by atoms with van der Waals surface area (Å²) in [7, 11) is 0. The van der Waals surface area contributed by atoms with Crippen molar-refractivity contribution in [2.75, 3.05) is 17.7 Å². The quantitative estimate of drug-likeness (QED) is 0.743. The molecular formula is C13H17F3N2O. The number of aliphatic hydroxyl groups is 1. The number of rotatable bonds is 3. The van der Waals surface area contributed by atoms with Crippen LogP contribution in [-0.2, 0) is 6.18 Å². The highest BCUT2D eigenvalue weighted by Gasteiger charge is 2.33. The van der Waals surface area contributed by atoms with E-state index in [4.69, 9.17) is 5.73 Å². The number of nitrogens with two attached hydrogens (primary N) is 1. The Labute approximate surface area is 109 Å². The molecular weight excluding hydrogens is 257 g/mol. The van der Waals surface area contributed by atoms with Gasteiger partial charge in [-0.15, -0.1) is 0 Å². The average molecular weight is 274 g/mol. The molecule has 0 aliphatic heterocycles. The van der Waals surface area contributed by atoms with E-state index in [0.717, 1.165) is 25.3 Å². The summed E-state index contributed by atoms with van der Waals surface area (Å²) in [5.41, 5.74) is 4.65. The van der Waals surface area contributed by atoms with Gasteiger partial charge in [-0.25, -0.2) is 0 Å². The summed E-state index contributed by atoms with van der Waals surface area (Å²) in [6.45, 7) is 0.0543. The minimum Gasteiger partial charge on any atom is -0.398 e. The van der Waals surface area contributed by atoms with E-state index in [1.807, 2.05) is 0 Å². The third kappa shape index (κ3) is 3.12. The molecule has 6 heteroatoms. The lowest BCUT2D eigenvalue weighted by Crippen LogP contribution is -2.26. The first-order valence-corrected chi connectivity index (χ1v) is 6.26. The Morgan fingerprint density at radius 1 is 1.32 bits per heavy atom. The number of nitrogen functional groups attached to an aromatic ring is 1. The Bertz CT molecular complexity index is 448. The molecule has 2 atom stereocenters. The fraction of sp³-hybridized carbons (Fsp3) is 0.538. The lowest BCUT2D eigenvalue weighted by atomic mass is 10.0. The molecule has 2 rings (SSSR count). The van der Waals surface area contributed by atoms with Crippen LogP contribution < -0.4 is 11.1 Å². The van der Waals surface area contributed by atoms with Crippen molar-refractivity contribution in [3.8, 4) is 0 Å². The van der Waals surface area contributed by atoms with Crippen molar-refractivity contribution in [3.05, 3.63) is 23.8 Å². The smallest absolute Gasteiger partial charge is 0.398 e. The second kappa shape index (κ2) is 5.28. The Morgan fingerprint density at radius 2 is 2.05 bits per heavy atom. The first kappa shape index (κ1) is 14.0. The molecule has 4 N–H and O–H groups in total. The Kier molecular flexibility index (Phi) is 3.89. The number of nitrogens with one attached hydrogen (secondary N) is 1. The topological polar surface area (TPSA) is 58.3 Å². The summed E-state index contributed by atoms with van der Waals surface area (Å²) in [5.74, 6) is 0.104. The van der Waals surface area contributed by atoms with Gasteiger partial charge in [0.1, 0.15) is 0 Å². The molecule has 106 valence electrons. The number of anilines is 2. The molecule has 3 nitrogen and oxygen atoms in total. The largest absolute Gasteiger partial charge is 0.418 e. The van der Waals surface area contributed by atoms with E-state index < -0.39 is 11.7 Å². The van der Waals surface area contributed by atoms with Gasteiger partial charge in [0.25, 0.3) is 0 Å². The van der Waals surface area contributed by atoms with Gasteiger partial charge in [0, 0.05) is 29.9 Å². The van der Waals surface area contributed by atoms with Crippen LogP contribution in [0.1, 0.15) is 24.8 Å². The van der Waals surface area contributed by atoms with Crippen LogP contribution in [0.3, 0.4) is 0 Å². The van der Waals surface area contributed by atoms with Crippen LogP contribution in [-0.4, -0.2) is 17.8 Å². The van der Waals surface area contributed by atoms with E-state index in [0.29, 0.717) is 5.69 Å². The van der Waals surface area contributed by atoms with Crippen LogP contribution in [0.2, 0.25) is 0 Å². The number of hydrogen-bond donors (Lipinski definition) is 3. The van der Waals surface area contributed by atoms with Gasteiger partial charge in [-0.1, -0.05) is 6.42 Å². The van der Waals surface area contributed by atoms with Gasteiger partial charge in [0.2, 0.25) is 0 Å². The van der Waals surface area contributed by atoms with Crippen molar-refractivity contribution in [3.63, 3.8) is 0 Å². The van der Waals surface area contributed by atoms with Crippen LogP contribution in [0.5, 0.6) is 0 Å². The van der Waals surface area contributed by atoms with Gasteiger partial charge in [-0.3, -0.25) is 0 Å². The van der Waals surface area contributed by atoms with Crippen molar-refractivity contribution in [2.24, 2.45) is 5.92 Å². The molecule has 1 aliphatic carbocycles. The maximum absolute atomic E-state index is 12.7. The second-order valence-corrected chi connectivity index (χ2v) is 4.92. The van der Waals surface area contributed by atoms with Gasteiger partial charge < -0.3 is 16.2 Å². The van der Waals surface area contributed by atoms with E-state index in [2.05, 4.69) is 5.32 Å². The van der Waals surface area contributed by atoms with Crippen LogP contribution in [0.15, 0.2) is 18.2 Å². The minimum atomic E-state index is -4.45. The molecule has 1 aromatic rings. The predicted octanol–water partition coefficient (Wildman–Crippen LogP) is 2.86. The van der Waals surface area contributed by atoms with Crippen LogP contribution in [0.4, 0.5) is 24.5 Å². The van der Waals surface area contributed by atoms with E-state index in [-0.39, 0.29) is 24.3 Å². The highest BCUT2D eigenvalue weighted by molar-refractivity contribution is 5.58. The molecule has 1 aliphatic rings. The number of halogens is 3. The van der Waals surface area contributed by atoms with Gasteiger partial charge in [-0.05, 0) is 31.0 Å². The molecule has 19 heavy (non-hydrogen) atoms. The van der Waals surface area contributed by atoms with E-state index in [1.165, 1.54) is 12.1 Å². The fourth-order valence-electron chi connectivity index (χ4n) is 2.55. The molecule has 2 unspecified atom stereocenters. The summed E-state index contributed by atoms with van der Waals surface area (Å²) in [6.07, 6.45) is -1.72. The summed E-state index contributed by atoms with van der Waals surface area (Å²) >= 11 is 0. The van der Waals surface area contributed by atoms with Gasteiger partial charge in [-0.2, -0.15) is 13.2 Å². The zero-order valence-electron chi connectivity index (χ0n) is 10.4. The summed E-state index contributed by atoms with van der Waals surface area (Å²) < 4.78 is 38.2. The highest BCUT2D eigenvalue weighted by atomic mass is 19.4. The van der Waals surface area contributed by atoms with E-state index >= 15 is 0 Å². The third-order valence-electron chi connectivity index (χ3n) is 3.60. The maximum atomic E-state index is 12.7. The highest BCUT2D eigenvalue weighted by Crippen LogP contribution is 2.36. The SMILES string of the molecule is Nc1ccc(NC2CCCC2CO)cc1C(F)(F)F. The molecule has 1 fully saturated rings. The fourth-order valence-corrected chi connectivity index (χ4v) is 2.55. The summed E-state index contributed by atoms with van der Waals surface area (Å²) in [4.78, 5) is 0. The van der Waals surface area contributed by atoms with Crippen molar-refractivity contribution in [1.82, 2.24) is 0 Å². The van der Waals surface area contributed by atoms with Crippen molar-refractivity contribution in [2.45, 2.75) is 31.5 Å². The molecule has 0 heterocycles.